The van der Waals surface area contributed by atoms with Crippen LogP contribution in [0.1, 0.15) is 36.9 Å². The van der Waals surface area contributed by atoms with Gasteiger partial charge in [-0.2, -0.15) is 0 Å². The van der Waals surface area contributed by atoms with Crippen molar-refractivity contribution in [2.75, 3.05) is 44.1 Å². The maximum Gasteiger partial charge on any atom is 0.175 e. The van der Waals surface area contributed by atoms with Crippen LogP contribution in [0.3, 0.4) is 0 Å². The molecule has 0 bridgehead atoms. The van der Waals surface area contributed by atoms with Gasteiger partial charge in [0.25, 0.3) is 0 Å². The van der Waals surface area contributed by atoms with E-state index in [0.717, 1.165) is 47.9 Å². The first kappa shape index (κ1) is 25.9. The predicted molar refractivity (Wildman–Crippen MR) is 143 cm³/mol. The third kappa shape index (κ3) is 5.15. The minimum Gasteiger partial charge on any atom is -0.495 e. The number of benzene rings is 2. The van der Waals surface area contributed by atoms with Crippen LogP contribution in [0.2, 0.25) is 0 Å². The molecule has 36 heavy (non-hydrogen) atoms. The molecule has 1 aromatic heterocycles. The second-order valence-corrected chi connectivity index (χ2v) is 11.1. The van der Waals surface area contributed by atoms with Crippen LogP contribution in [0.5, 0.6) is 5.75 Å². The zero-order valence-electron chi connectivity index (χ0n) is 20.9. The van der Waals surface area contributed by atoms with Crippen molar-refractivity contribution >= 4 is 32.1 Å². The Morgan fingerprint density at radius 3 is 2.81 bits per heavy atom. The highest BCUT2D eigenvalue weighted by molar-refractivity contribution is 7.90. The van der Waals surface area contributed by atoms with E-state index in [2.05, 4.69) is 34.0 Å². The second-order valence-electron chi connectivity index (χ2n) is 9.06. The van der Waals surface area contributed by atoms with Crippen molar-refractivity contribution in [1.82, 2.24) is 9.88 Å². The van der Waals surface area contributed by atoms with E-state index in [9.17, 15) is 8.42 Å². The molecular weight excluding hydrogens is 479 g/mol. The van der Waals surface area contributed by atoms with E-state index >= 15 is 4.39 Å². The lowest BCUT2D eigenvalue weighted by Gasteiger charge is -2.27. The van der Waals surface area contributed by atoms with Crippen molar-refractivity contribution in [3.05, 3.63) is 47.7 Å². The van der Waals surface area contributed by atoms with E-state index in [1.54, 1.807) is 6.07 Å². The maximum atomic E-state index is 15.1. The molecule has 0 amide bonds. The summed E-state index contributed by atoms with van der Waals surface area (Å²) in [7, 11) is -1.85. The Kier molecular flexibility index (Phi) is 7.76. The minimum absolute atomic E-state index is 0.185. The number of nitrogens with zero attached hydrogens (tertiary/aromatic N) is 1. The van der Waals surface area contributed by atoms with Gasteiger partial charge in [0.1, 0.15) is 11.9 Å². The molecule has 4 N–H and O–H groups in total. The van der Waals surface area contributed by atoms with Gasteiger partial charge in [-0.3, -0.25) is 0 Å². The summed E-state index contributed by atoms with van der Waals surface area (Å²) >= 11 is 0. The Hall–Kier alpha value is -3.22. The molecular formula is C27H33FN4O3S. The first-order chi connectivity index (χ1) is 17.3. The monoisotopic (exact) mass is 512 g/mol. The number of halogens is 1. The van der Waals surface area contributed by atoms with Crippen molar-refractivity contribution in [3.63, 3.8) is 0 Å². The van der Waals surface area contributed by atoms with E-state index in [1.165, 1.54) is 19.2 Å². The zero-order chi connectivity index (χ0) is 25.9. The van der Waals surface area contributed by atoms with Gasteiger partial charge < -0.3 is 25.7 Å². The van der Waals surface area contributed by atoms with Gasteiger partial charge in [0.2, 0.25) is 0 Å². The van der Waals surface area contributed by atoms with E-state index in [1.807, 2.05) is 18.2 Å². The maximum absolute atomic E-state index is 15.1. The van der Waals surface area contributed by atoms with Gasteiger partial charge in [-0.25, -0.2) is 12.8 Å². The van der Waals surface area contributed by atoms with E-state index in [0.29, 0.717) is 36.6 Å². The third-order valence-corrected chi connectivity index (χ3v) is 7.67. The molecule has 2 aromatic carbocycles. The van der Waals surface area contributed by atoms with Gasteiger partial charge in [-0.05, 0) is 49.6 Å². The molecule has 1 aliphatic rings. The number of nitrogen functional groups attached to an aromatic ring is 1. The quantitative estimate of drug-likeness (QED) is 0.328. The fraction of sp³-hybridized carbons (Fsp3) is 0.407. The number of alkyl halides is 1. The van der Waals surface area contributed by atoms with Crippen LogP contribution < -0.4 is 21.1 Å². The number of nitrogens with two attached hydrogens (primary N) is 1. The van der Waals surface area contributed by atoms with Crippen LogP contribution in [0.15, 0.2) is 41.3 Å². The van der Waals surface area contributed by atoms with Gasteiger partial charge in [-0.15, -0.1) is 0 Å². The van der Waals surface area contributed by atoms with Gasteiger partial charge in [-0.1, -0.05) is 18.9 Å². The van der Waals surface area contributed by atoms with E-state index in [-0.39, 0.29) is 10.8 Å². The van der Waals surface area contributed by atoms with Crippen LogP contribution in [-0.2, 0) is 16.4 Å². The summed E-state index contributed by atoms with van der Waals surface area (Å²) in [6, 6.07) is 10.5. The van der Waals surface area contributed by atoms with Crippen molar-refractivity contribution in [3.8, 4) is 17.6 Å². The molecule has 0 radical (unpaired) electrons. The van der Waals surface area contributed by atoms with E-state index < -0.39 is 16.0 Å². The van der Waals surface area contributed by atoms with Crippen molar-refractivity contribution in [2.24, 2.45) is 0 Å². The van der Waals surface area contributed by atoms with Crippen molar-refractivity contribution in [2.45, 2.75) is 43.3 Å². The van der Waals surface area contributed by atoms with Crippen molar-refractivity contribution in [1.29, 1.82) is 0 Å². The summed E-state index contributed by atoms with van der Waals surface area (Å²) in [6.45, 7) is 4.21. The molecule has 3 aromatic rings. The lowest BCUT2D eigenvalue weighted by molar-refractivity contribution is 0.232. The Balaban J connectivity index is 1.72. The number of aryl methyl sites for hydroxylation is 1. The average molecular weight is 513 g/mol. The predicted octanol–water partition coefficient (Wildman–Crippen LogP) is 3.92. The standard InChI is InChI=1S/C27H33FN4O3S/c1-4-15-32-23(9-6-13-31-22-11-10-18(36(3,33)34)16-25(22)35-2)26(19-12-14-30-17-20(19)28)27-21(29)7-5-8-24(27)32/h5,7-8,10-11,16,19-20,30-31H,4,12-15,17,29H2,1-3H3/t19-,20+/m1/s1. The number of ether oxygens (including phenoxy) is 1. The van der Waals surface area contributed by atoms with Crippen LogP contribution in [-0.4, -0.2) is 52.2 Å². The number of rotatable bonds is 7. The topological polar surface area (TPSA) is 98.4 Å². The summed E-state index contributed by atoms with van der Waals surface area (Å²) < 4.78 is 46.4. The highest BCUT2D eigenvalue weighted by Gasteiger charge is 2.32. The summed E-state index contributed by atoms with van der Waals surface area (Å²) in [5, 5.41) is 7.24. The van der Waals surface area contributed by atoms with Crippen LogP contribution in [0, 0.1) is 11.8 Å². The van der Waals surface area contributed by atoms with Crippen LogP contribution >= 0.6 is 0 Å². The number of hydrogen-bond donors (Lipinski definition) is 3. The molecule has 9 heteroatoms. The Morgan fingerprint density at radius 2 is 2.11 bits per heavy atom. The number of piperidine rings is 1. The number of fused-ring (bicyclic) bond motifs is 1. The van der Waals surface area contributed by atoms with Crippen molar-refractivity contribution < 1.29 is 17.5 Å². The molecule has 192 valence electrons. The fourth-order valence-electron chi connectivity index (χ4n) is 4.87. The fourth-order valence-corrected chi connectivity index (χ4v) is 5.51. The smallest absolute Gasteiger partial charge is 0.175 e. The van der Waals surface area contributed by atoms with Gasteiger partial charge >= 0.3 is 0 Å². The molecule has 0 saturated carbocycles. The molecule has 4 rings (SSSR count). The number of anilines is 2. The molecule has 0 unspecified atom stereocenters. The Morgan fingerprint density at radius 1 is 1.31 bits per heavy atom. The lowest BCUT2D eigenvalue weighted by Crippen LogP contribution is -2.37. The molecule has 2 heterocycles. The minimum atomic E-state index is -3.34. The Labute approximate surface area is 212 Å². The van der Waals surface area contributed by atoms with Crippen LogP contribution in [0.4, 0.5) is 15.8 Å². The summed E-state index contributed by atoms with van der Waals surface area (Å²) in [5.41, 5.74) is 10.4. The molecule has 1 fully saturated rings. The molecule has 1 aliphatic heterocycles. The zero-order valence-corrected chi connectivity index (χ0v) is 21.7. The first-order valence-electron chi connectivity index (χ1n) is 12.1. The largest absolute Gasteiger partial charge is 0.495 e. The number of sulfone groups is 1. The first-order valence-corrected chi connectivity index (χ1v) is 14.0. The molecule has 0 spiro atoms. The normalized spacial score (nSPS) is 18.0. The number of hydrogen-bond acceptors (Lipinski definition) is 6. The molecule has 7 nitrogen and oxygen atoms in total. The summed E-state index contributed by atoms with van der Waals surface area (Å²) in [5.74, 6) is 6.64. The van der Waals surface area contributed by atoms with Gasteiger partial charge in [0.15, 0.2) is 9.84 Å². The van der Waals surface area contributed by atoms with E-state index in [4.69, 9.17) is 10.5 Å². The molecule has 1 saturated heterocycles. The highest BCUT2D eigenvalue weighted by atomic mass is 32.2. The SMILES string of the molecule is CCCn1c(C#CCNc2ccc(S(C)(=O)=O)cc2OC)c([C@@H]2CCNC[C@@H]2F)c2c(N)cccc21. The number of nitrogens with one attached hydrogen (secondary N) is 2. The van der Waals surface area contributed by atoms with Gasteiger partial charge in [0, 0.05) is 48.0 Å². The number of aromatic nitrogens is 1. The second kappa shape index (κ2) is 10.8. The average Bonchev–Trinajstić information content (AvgIpc) is 3.16. The molecule has 0 aliphatic carbocycles. The van der Waals surface area contributed by atoms with Gasteiger partial charge in [0.05, 0.1) is 35.4 Å². The summed E-state index contributed by atoms with van der Waals surface area (Å²) in [6.07, 6.45) is 1.72. The number of methoxy groups -OCH3 is 1. The lowest BCUT2D eigenvalue weighted by atomic mass is 9.86. The highest BCUT2D eigenvalue weighted by Crippen LogP contribution is 2.40. The summed E-state index contributed by atoms with van der Waals surface area (Å²) in [4.78, 5) is 0.185. The third-order valence-electron chi connectivity index (χ3n) is 6.56. The Bertz CT molecular complexity index is 1420. The van der Waals surface area contributed by atoms with Crippen LogP contribution in [0.25, 0.3) is 10.9 Å². The molecule has 2 atom stereocenters.